The summed E-state index contributed by atoms with van der Waals surface area (Å²) in [5.41, 5.74) is 0. The van der Waals surface area contributed by atoms with Crippen molar-refractivity contribution in [2.24, 2.45) is 0 Å². The van der Waals surface area contributed by atoms with E-state index in [1.54, 1.807) is 12.1 Å². The molecule has 0 radical (unpaired) electrons. The van der Waals surface area contributed by atoms with Crippen LogP contribution in [0.15, 0.2) is 29.2 Å². The van der Waals surface area contributed by atoms with Crippen LogP contribution in [0.2, 0.25) is 0 Å². The van der Waals surface area contributed by atoms with E-state index in [2.05, 4.69) is 4.74 Å². The summed E-state index contributed by atoms with van der Waals surface area (Å²) in [6.45, 7) is -2.78. The van der Waals surface area contributed by atoms with Crippen LogP contribution >= 0.6 is 0 Å². The summed E-state index contributed by atoms with van der Waals surface area (Å²) >= 11 is 0. The zero-order valence-corrected chi connectivity index (χ0v) is 10.0. The van der Waals surface area contributed by atoms with Crippen LogP contribution in [0.5, 0.6) is 5.75 Å². The number of carbonyl (C=O) groups is 1. The summed E-state index contributed by atoms with van der Waals surface area (Å²) < 4.78 is 28.2. The van der Waals surface area contributed by atoms with Crippen molar-refractivity contribution in [1.82, 2.24) is 0 Å². The topological polar surface area (TPSA) is 26.3 Å². The average molecular weight is 259 g/mol. The van der Waals surface area contributed by atoms with Crippen LogP contribution in [-0.4, -0.2) is 23.9 Å². The molecule has 1 aromatic rings. The highest BCUT2D eigenvalue weighted by molar-refractivity contribution is 7.97. The highest BCUT2D eigenvalue weighted by Crippen LogP contribution is 2.23. The highest BCUT2D eigenvalue weighted by atomic mass is 32.2. The molecule has 0 spiro atoms. The van der Waals surface area contributed by atoms with Crippen LogP contribution in [0, 0.1) is 0 Å². The number of Topliss-reactive ketones (excluding diaryl/α,β-unsaturated/α-hetero) is 1. The number of benzene rings is 1. The predicted octanol–water partition coefficient (Wildman–Crippen LogP) is 2.63. The second kappa shape index (κ2) is 5.49. The molecule has 0 atom stereocenters. The van der Waals surface area contributed by atoms with Gasteiger partial charge in [0.25, 0.3) is 0 Å². The van der Waals surface area contributed by atoms with Crippen molar-refractivity contribution in [3.05, 3.63) is 24.3 Å². The third-order valence-corrected chi connectivity index (χ3v) is 4.97. The first-order valence-electron chi connectivity index (χ1n) is 5.39. The van der Waals surface area contributed by atoms with E-state index in [1.165, 1.54) is 0 Å². The molecule has 1 aliphatic rings. The van der Waals surface area contributed by atoms with Gasteiger partial charge in [-0.1, -0.05) is 0 Å². The van der Waals surface area contributed by atoms with E-state index in [0.717, 1.165) is 16.4 Å². The molecule has 0 saturated carbocycles. The summed E-state index contributed by atoms with van der Waals surface area (Å²) in [6.07, 6.45) is 1.27. The van der Waals surface area contributed by atoms with E-state index in [0.29, 0.717) is 18.6 Å². The highest BCUT2D eigenvalue weighted by Gasteiger charge is 2.28. The molecular formula is C12H13F2O2S+. The Morgan fingerprint density at radius 1 is 1.12 bits per heavy atom. The van der Waals surface area contributed by atoms with Crippen molar-refractivity contribution in [3.8, 4) is 5.75 Å². The Kier molecular flexibility index (Phi) is 3.99. The van der Waals surface area contributed by atoms with Crippen molar-refractivity contribution in [2.45, 2.75) is 24.3 Å². The number of hydrogen-bond acceptors (Lipinski definition) is 2. The van der Waals surface area contributed by atoms with E-state index < -0.39 is 6.61 Å². The summed E-state index contributed by atoms with van der Waals surface area (Å²) in [5, 5.41) is 0. The molecule has 0 aromatic heterocycles. The second-order valence-electron chi connectivity index (χ2n) is 3.79. The quantitative estimate of drug-likeness (QED) is 0.780. The van der Waals surface area contributed by atoms with Gasteiger partial charge in [-0.2, -0.15) is 8.78 Å². The van der Waals surface area contributed by atoms with Crippen LogP contribution < -0.4 is 4.74 Å². The van der Waals surface area contributed by atoms with Gasteiger partial charge < -0.3 is 4.74 Å². The van der Waals surface area contributed by atoms with E-state index >= 15 is 0 Å². The van der Waals surface area contributed by atoms with E-state index in [9.17, 15) is 13.6 Å². The minimum absolute atomic E-state index is 0.0864. The molecule has 0 N–H and O–H groups in total. The number of carbonyl (C=O) groups excluding carboxylic acids is 1. The van der Waals surface area contributed by atoms with Crippen LogP contribution in [-0.2, 0) is 15.7 Å². The molecule has 1 heterocycles. The van der Waals surface area contributed by atoms with E-state index in [1.807, 2.05) is 12.1 Å². The summed E-state index contributed by atoms with van der Waals surface area (Å²) in [6, 6.07) is 6.75. The van der Waals surface area contributed by atoms with Crippen molar-refractivity contribution >= 4 is 16.7 Å². The standard InChI is InChI=1S/C12H13F2O2S/c13-12(14)16-10-1-3-11(4-2-10)17-7-5-9(15)6-8-17/h1-4,12H,5-8H2/q+1. The van der Waals surface area contributed by atoms with Gasteiger partial charge in [-0.3, -0.25) is 4.79 Å². The van der Waals surface area contributed by atoms with E-state index in [4.69, 9.17) is 0 Å². The molecule has 0 bridgehead atoms. The van der Waals surface area contributed by atoms with Crippen molar-refractivity contribution < 1.29 is 18.3 Å². The minimum Gasteiger partial charge on any atom is -0.435 e. The first kappa shape index (κ1) is 12.4. The summed E-state index contributed by atoms with van der Waals surface area (Å²) in [4.78, 5) is 12.2. The zero-order valence-electron chi connectivity index (χ0n) is 9.20. The van der Waals surface area contributed by atoms with Gasteiger partial charge in [0.15, 0.2) is 4.90 Å². The lowest BCUT2D eigenvalue weighted by atomic mass is 10.2. The maximum Gasteiger partial charge on any atom is 0.387 e. The number of alkyl halides is 2. The molecule has 1 fully saturated rings. The van der Waals surface area contributed by atoms with Crippen LogP contribution in [0.4, 0.5) is 8.78 Å². The van der Waals surface area contributed by atoms with Gasteiger partial charge in [0, 0.05) is 10.9 Å². The maximum absolute atomic E-state index is 12.0. The molecule has 5 heteroatoms. The molecule has 0 unspecified atom stereocenters. The molecule has 92 valence electrons. The fourth-order valence-electron chi connectivity index (χ4n) is 1.75. The van der Waals surface area contributed by atoms with Crippen LogP contribution in [0.3, 0.4) is 0 Å². The average Bonchev–Trinajstić information content (AvgIpc) is 2.30. The van der Waals surface area contributed by atoms with Gasteiger partial charge in [0.2, 0.25) is 0 Å². The van der Waals surface area contributed by atoms with Gasteiger partial charge in [0.1, 0.15) is 23.0 Å². The number of ether oxygens (including phenoxy) is 1. The molecule has 0 aliphatic carbocycles. The molecule has 1 aromatic carbocycles. The van der Waals surface area contributed by atoms with Crippen LogP contribution in [0.25, 0.3) is 0 Å². The molecular weight excluding hydrogens is 246 g/mol. The molecule has 17 heavy (non-hydrogen) atoms. The monoisotopic (exact) mass is 259 g/mol. The largest absolute Gasteiger partial charge is 0.435 e. The Bertz CT molecular complexity index is 382. The fraction of sp³-hybridized carbons (Fsp3) is 0.417. The Morgan fingerprint density at radius 3 is 2.24 bits per heavy atom. The Balaban J connectivity index is 2.00. The smallest absolute Gasteiger partial charge is 0.387 e. The number of halogens is 2. The van der Waals surface area contributed by atoms with Crippen molar-refractivity contribution in [1.29, 1.82) is 0 Å². The van der Waals surface area contributed by atoms with Gasteiger partial charge in [-0.25, -0.2) is 0 Å². The van der Waals surface area contributed by atoms with Gasteiger partial charge in [-0.05, 0) is 24.3 Å². The zero-order chi connectivity index (χ0) is 12.3. The molecule has 0 amide bonds. The third kappa shape index (κ3) is 3.43. The number of hydrogen-bond donors (Lipinski definition) is 0. The number of ketones is 1. The summed E-state index contributed by atoms with van der Waals surface area (Å²) in [7, 11) is 0.0864. The van der Waals surface area contributed by atoms with Crippen molar-refractivity contribution in [3.63, 3.8) is 0 Å². The van der Waals surface area contributed by atoms with Crippen molar-refractivity contribution in [2.75, 3.05) is 11.5 Å². The maximum atomic E-state index is 12.0. The predicted molar refractivity (Wildman–Crippen MR) is 62.7 cm³/mol. The van der Waals surface area contributed by atoms with Gasteiger partial charge in [0.05, 0.1) is 12.8 Å². The molecule has 1 aliphatic heterocycles. The Labute approximate surface area is 101 Å². The lowest BCUT2D eigenvalue weighted by molar-refractivity contribution is -0.118. The Hall–Kier alpha value is -1.10. The minimum atomic E-state index is -2.78. The summed E-state index contributed by atoms with van der Waals surface area (Å²) in [5.74, 6) is 2.27. The first-order valence-corrected chi connectivity index (χ1v) is 6.95. The molecule has 2 nitrogen and oxygen atoms in total. The second-order valence-corrected chi connectivity index (χ2v) is 6.06. The lowest BCUT2D eigenvalue weighted by Crippen LogP contribution is -2.23. The van der Waals surface area contributed by atoms with E-state index in [-0.39, 0.29) is 16.6 Å². The SMILES string of the molecule is O=C1CC[S+](c2ccc(OC(F)F)cc2)CC1. The third-order valence-electron chi connectivity index (χ3n) is 2.64. The van der Waals surface area contributed by atoms with Gasteiger partial charge >= 0.3 is 6.61 Å². The molecule has 2 rings (SSSR count). The van der Waals surface area contributed by atoms with Crippen LogP contribution in [0.1, 0.15) is 12.8 Å². The molecule has 1 saturated heterocycles. The fourth-order valence-corrected chi connectivity index (χ4v) is 3.90. The Morgan fingerprint density at radius 2 is 1.71 bits per heavy atom. The normalized spacial score (nSPS) is 17.5. The first-order chi connectivity index (χ1) is 8.15. The lowest BCUT2D eigenvalue weighted by Gasteiger charge is -2.13. The number of rotatable bonds is 3. The van der Waals surface area contributed by atoms with Gasteiger partial charge in [-0.15, -0.1) is 0 Å².